The van der Waals surface area contributed by atoms with Gasteiger partial charge in [-0.15, -0.1) is 0 Å². The molecule has 25 heavy (non-hydrogen) atoms. The summed E-state index contributed by atoms with van der Waals surface area (Å²) in [6, 6.07) is 6.00. The first kappa shape index (κ1) is 20.8. The fourth-order valence-corrected chi connectivity index (χ4v) is 2.45. The summed E-state index contributed by atoms with van der Waals surface area (Å²) in [5, 5.41) is 12.0. The van der Waals surface area contributed by atoms with E-state index in [1.807, 2.05) is 25.1 Å². The molecular formula is C17H24F2N2O4. The molecule has 0 unspecified atom stereocenters. The number of carbonyl (C=O) groups excluding carboxylic acids is 1. The second-order valence-corrected chi connectivity index (χ2v) is 6.64. The lowest BCUT2D eigenvalue weighted by Gasteiger charge is -2.38. The molecule has 140 valence electrons. The number of amides is 2. The van der Waals surface area contributed by atoms with E-state index in [9.17, 15) is 23.5 Å². The highest BCUT2D eigenvalue weighted by atomic mass is 19.3. The fraction of sp³-hybridized carbons (Fsp3) is 0.529. The first-order valence-corrected chi connectivity index (χ1v) is 7.77. The quantitative estimate of drug-likeness (QED) is 0.785. The number of alkyl halides is 2. The third-order valence-corrected chi connectivity index (χ3v) is 3.47. The zero-order valence-corrected chi connectivity index (χ0v) is 14.8. The molecule has 2 amide bonds. The predicted octanol–water partition coefficient (Wildman–Crippen LogP) is 3.00. The minimum Gasteiger partial charge on any atom is -0.465 e. The summed E-state index contributed by atoms with van der Waals surface area (Å²) >= 11 is 0. The number of ether oxygens (including phenoxy) is 1. The Morgan fingerprint density at radius 1 is 1.32 bits per heavy atom. The highest BCUT2D eigenvalue weighted by Crippen LogP contribution is 2.19. The maximum Gasteiger partial charge on any atom is 0.408 e. The number of nitrogens with zero attached hydrogens (tertiary/aromatic N) is 1. The number of benzene rings is 1. The van der Waals surface area contributed by atoms with Gasteiger partial charge in [-0.3, -0.25) is 9.69 Å². The lowest BCUT2D eigenvalue weighted by Crippen LogP contribution is -2.58. The molecule has 1 rings (SSSR count). The number of halogens is 2. The monoisotopic (exact) mass is 358 g/mol. The van der Waals surface area contributed by atoms with E-state index in [2.05, 4.69) is 10.1 Å². The maximum absolute atomic E-state index is 12.5. The average molecular weight is 358 g/mol. The van der Waals surface area contributed by atoms with E-state index in [1.165, 1.54) is 0 Å². The zero-order chi connectivity index (χ0) is 19.2. The van der Waals surface area contributed by atoms with Crippen molar-refractivity contribution in [1.29, 1.82) is 0 Å². The van der Waals surface area contributed by atoms with Gasteiger partial charge in [-0.25, -0.2) is 4.79 Å². The molecule has 1 aromatic carbocycles. The Morgan fingerprint density at radius 2 is 1.96 bits per heavy atom. The van der Waals surface area contributed by atoms with Crippen LogP contribution in [0.15, 0.2) is 24.3 Å². The van der Waals surface area contributed by atoms with E-state index in [0.717, 1.165) is 16.0 Å². The molecule has 1 aromatic rings. The normalized spacial score (nSPS) is 12.8. The molecule has 2 N–H and O–H groups in total. The van der Waals surface area contributed by atoms with Gasteiger partial charge >= 0.3 is 12.7 Å². The van der Waals surface area contributed by atoms with Crippen LogP contribution in [0.3, 0.4) is 0 Å². The second kappa shape index (κ2) is 8.75. The number of hydrogen-bond acceptors (Lipinski definition) is 3. The molecule has 0 aliphatic rings. The Balaban J connectivity index is 2.93. The number of rotatable bonds is 7. The van der Waals surface area contributed by atoms with E-state index in [1.54, 1.807) is 26.8 Å². The molecule has 0 radical (unpaired) electrons. The minimum absolute atomic E-state index is 0.156. The highest BCUT2D eigenvalue weighted by Gasteiger charge is 2.38. The summed E-state index contributed by atoms with van der Waals surface area (Å²) in [4.78, 5) is 24.8. The van der Waals surface area contributed by atoms with Crippen LogP contribution < -0.4 is 5.32 Å². The first-order chi connectivity index (χ1) is 11.5. The van der Waals surface area contributed by atoms with Gasteiger partial charge in [0.1, 0.15) is 6.04 Å². The summed E-state index contributed by atoms with van der Waals surface area (Å²) in [7, 11) is 0. The Hall–Kier alpha value is -2.22. The number of carboxylic acid groups (broad SMARTS) is 1. The number of carbonyl (C=O) groups is 2. The topological polar surface area (TPSA) is 78.9 Å². The third kappa shape index (κ3) is 6.66. The first-order valence-electron chi connectivity index (χ1n) is 7.77. The smallest absolute Gasteiger partial charge is 0.408 e. The van der Waals surface area contributed by atoms with Gasteiger partial charge in [0.15, 0.2) is 0 Å². The van der Waals surface area contributed by atoms with Crippen LogP contribution in [0, 0.1) is 6.92 Å². The standard InChI is InChI=1S/C17H24F2N2O4/c1-11-6-5-7-12(8-11)9-20-14(22)13(10-25-15(18)19)21(16(23)24)17(2,3)4/h5-8,13,15H,9-10H2,1-4H3,(H,20,22)(H,23,24)/t13-/m1/s1. The van der Waals surface area contributed by atoms with Gasteiger partial charge < -0.3 is 15.2 Å². The highest BCUT2D eigenvalue weighted by molar-refractivity contribution is 5.85. The molecule has 0 saturated carbocycles. The van der Waals surface area contributed by atoms with Crippen LogP contribution in [0.25, 0.3) is 0 Å². The molecule has 6 nitrogen and oxygen atoms in total. The lowest BCUT2D eigenvalue weighted by atomic mass is 10.0. The molecule has 0 spiro atoms. The van der Waals surface area contributed by atoms with Crippen molar-refractivity contribution in [3.05, 3.63) is 35.4 Å². The molecule has 0 aliphatic heterocycles. The maximum atomic E-state index is 12.5. The van der Waals surface area contributed by atoms with Crippen molar-refractivity contribution in [1.82, 2.24) is 10.2 Å². The molecule has 1 atom stereocenters. The molecule has 0 aliphatic carbocycles. The van der Waals surface area contributed by atoms with E-state index in [0.29, 0.717) is 0 Å². The summed E-state index contributed by atoms with van der Waals surface area (Å²) in [5.74, 6) is -0.695. The van der Waals surface area contributed by atoms with E-state index >= 15 is 0 Å². The van der Waals surface area contributed by atoms with Crippen LogP contribution in [0.2, 0.25) is 0 Å². The largest absolute Gasteiger partial charge is 0.465 e. The predicted molar refractivity (Wildman–Crippen MR) is 88.4 cm³/mol. The van der Waals surface area contributed by atoms with Gasteiger partial charge in [0.2, 0.25) is 5.91 Å². The molecule has 0 bridgehead atoms. The van der Waals surface area contributed by atoms with Crippen molar-refractivity contribution >= 4 is 12.0 Å². The van der Waals surface area contributed by atoms with Crippen molar-refractivity contribution in [3.63, 3.8) is 0 Å². The molecular weight excluding hydrogens is 334 g/mol. The Labute approximate surface area is 145 Å². The third-order valence-electron chi connectivity index (χ3n) is 3.47. The van der Waals surface area contributed by atoms with Crippen LogP contribution in [-0.2, 0) is 16.1 Å². The van der Waals surface area contributed by atoms with Crippen LogP contribution in [0.4, 0.5) is 13.6 Å². The van der Waals surface area contributed by atoms with Crippen molar-refractivity contribution in [2.75, 3.05) is 6.61 Å². The molecule has 0 heterocycles. The van der Waals surface area contributed by atoms with Crippen molar-refractivity contribution in [3.8, 4) is 0 Å². The van der Waals surface area contributed by atoms with Crippen LogP contribution in [0.5, 0.6) is 0 Å². The summed E-state index contributed by atoms with van der Waals surface area (Å²) in [6.45, 7) is 2.95. The average Bonchev–Trinajstić information content (AvgIpc) is 2.47. The molecule has 0 fully saturated rings. The summed E-state index contributed by atoms with van der Waals surface area (Å²) in [5.41, 5.74) is 0.855. The minimum atomic E-state index is -3.09. The van der Waals surface area contributed by atoms with E-state index in [4.69, 9.17) is 0 Å². The lowest BCUT2D eigenvalue weighted by molar-refractivity contribution is -0.153. The number of nitrogens with one attached hydrogen (secondary N) is 1. The number of aryl methyl sites for hydroxylation is 1. The molecule has 8 heteroatoms. The van der Waals surface area contributed by atoms with Crippen LogP contribution >= 0.6 is 0 Å². The molecule has 0 saturated heterocycles. The van der Waals surface area contributed by atoms with Gasteiger partial charge in [-0.1, -0.05) is 29.8 Å². The van der Waals surface area contributed by atoms with Gasteiger partial charge in [-0.05, 0) is 33.3 Å². The summed E-state index contributed by atoms with van der Waals surface area (Å²) in [6.07, 6.45) is -1.39. The van der Waals surface area contributed by atoms with Gasteiger partial charge in [0, 0.05) is 12.1 Å². The van der Waals surface area contributed by atoms with Gasteiger partial charge in [-0.2, -0.15) is 8.78 Å². The Morgan fingerprint density at radius 3 is 2.44 bits per heavy atom. The van der Waals surface area contributed by atoms with Gasteiger partial charge in [0.25, 0.3) is 0 Å². The van der Waals surface area contributed by atoms with E-state index < -0.39 is 36.8 Å². The Bertz CT molecular complexity index is 603. The van der Waals surface area contributed by atoms with Crippen LogP contribution in [-0.4, -0.2) is 46.8 Å². The van der Waals surface area contributed by atoms with Crippen LogP contribution in [0.1, 0.15) is 31.9 Å². The second-order valence-electron chi connectivity index (χ2n) is 6.64. The van der Waals surface area contributed by atoms with Crippen molar-refractivity contribution in [2.24, 2.45) is 0 Å². The van der Waals surface area contributed by atoms with Crippen molar-refractivity contribution in [2.45, 2.75) is 52.4 Å². The summed E-state index contributed by atoms with van der Waals surface area (Å²) < 4.78 is 29.0. The SMILES string of the molecule is Cc1cccc(CNC(=O)[C@@H](COC(F)F)N(C(=O)O)C(C)(C)C)c1. The molecule has 0 aromatic heterocycles. The number of hydrogen-bond donors (Lipinski definition) is 2. The van der Waals surface area contributed by atoms with Crippen molar-refractivity contribution < 1.29 is 28.2 Å². The zero-order valence-electron chi connectivity index (χ0n) is 14.8. The van der Waals surface area contributed by atoms with E-state index in [-0.39, 0.29) is 6.54 Å². The Kier molecular flexibility index (Phi) is 7.29. The van der Waals surface area contributed by atoms with Gasteiger partial charge in [0.05, 0.1) is 6.61 Å². The fourth-order valence-electron chi connectivity index (χ4n) is 2.45.